The zero-order chi connectivity index (χ0) is 14.9. The van der Waals surface area contributed by atoms with Crippen LogP contribution in [0.2, 0.25) is 0 Å². The molecule has 5 heteroatoms. The van der Waals surface area contributed by atoms with Gasteiger partial charge in [0.05, 0.1) is 0 Å². The Hall–Kier alpha value is -1.36. The van der Waals surface area contributed by atoms with Gasteiger partial charge in [0.25, 0.3) is 0 Å². The second kappa shape index (κ2) is 5.95. The molecule has 108 valence electrons. The molecule has 0 unspecified atom stereocenters. The molecule has 0 amide bonds. The molecule has 0 fully saturated rings. The van der Waals surface area contributed by atoms with Crippen LogP contribution in [-0.4, -0.2) is 15.2 Å². The van der Waals surface area contributed by atoms with Gasteiger partial charge < -0.3 is 4.98 Å². The van der Waals surface area contributed by atoms with Gasteiger partial charge in [-0.15, -0.1) is 22.8 Å². The van der Waals surface area contributed by atoms with Crippen LogP contribution in [0, 0.1) is 5.82 Å². The minimum absolute atomic E-state index is 0.173. The van der Waals surface area contributed by atoms with E-state index in [9.17, 15) is 4.39 Å². The average molecular weight is 293 g/mol. The molecule has 0 aliphatic carbocycles. The molecule has 0 spiro atoms. The van der Waals surface area contributed by atoms with Crippen LogP contribution in [0.3, 0.4) is 0 Å². The fourth-order valence-corrected chi connectivity index (χ4v) is 2.62. The average Bonchev–Trinajstić information content (AvgIpc) is 2.76. The van der Waals surface area contributed by atoms with E-state index in [1.165, 1.54) is 0 Å². The maximum Gasteiger partial charge on any atom is 0.185 e. The number of thiol groups is 1. The highest BCUT2D eigenvalue weighted by Crippen LogP contribution is 2.30. The minimum Gasteiger partial charge on any atom is -0.320 e. The van der Waals surface area contributed by atoms with Crippen molar-refractivity contribution in [3.05, 3.63) is 40.5 Å². The highest BCUT2D eigenvalue weighted by atomic mass is 32.1. The molecular weight excluding hydrogens is 273 g/mol. The van der Waals surface area contributed by atoms with Crippen LogP contribution in [0.15, 0.2) is 17.3 Å². The number of halogens is 1. The molecule has 2 rings (SSSR count). The Morgan fingerprint density at radius 2 is 1.65 bits per heavy atom. The number of hydrogen-bond acceptors (Lipinski definition) is 3. The lowest BCUT2D eigenvalue weighted by molar-refractivity contribution is 0.615. The first-order valence-corrected chi connectivity index (χ1v) is 7.26. The first-order chi connectivity index (χ1) is 9.38. The highest BCUT2D eigenvalue weighted by molar-refractivity contribution is 7.80. The van der Waals surface area contributed by atoms with Gasteiger partial charge >= 0.3 is 0 Å². The number of aromatic nitrogens is 3. The predicted molar refractivity (Wildman–Crippen MR) is 81.0 cm³/mol. The Bertz CT molecular complexity index is 576. The Labute approximate surface area is 124 Å². The summed E-state index contributed by atoms with van der Waals surface area (Å²) < 4.78 is 13.8. The first-order valence-electron chi connectivity index (χ1n) is 6.81. The lowest BCUT2D eigenvalue weighted by Crippen LogP contribution is -2.06. The van der Waals surface area contributed by atoms with Gasteiger partial charge in [0.1, 0.15) is 11.6 Å². The number of hydrogen-bond donors (Lipinski definition) is 2. The SMILES string of the molecule is CC(C)c1cc(F)cc(C(C)C)c1Cc1nnc(S)[nH]1. The quantitative estimate of drug-likeness (QED) is 0.834. The smallest absolute Gasteiger partial charge is 0.185 e. The van der Waals surface area contributed by atoms with E-state index < -0.39 is 0 Å². The number of benzene rings is 1. The van der Waals surface area contributed by atoms with Crippen molar-refractivity contribution in [3.63, 3.8) is 0 Å². The molecule has 0 aliphatic rings. The zero-order valence-corrected chi connectivity index (χ0v) is 13.1. The summed E-state index contributed by atoms with van der Waals surface area (Å²) in [6, 6.07) is 3.26. The first kappa shape index (κ1) is 15.0. The third-order valence-corrected chi connectivity index (χ3v) is 3.59. The van der Waals surface area contributed by atoms with Crippen molar-refractivity contribution in [2.24, 2.45) is 0 Å². The van der Waals surface area contributed by atoms with Gasteiger partial charge in [-0.25, -0.2) is 4.39 Å². The number of H-pyrrole nitrogens is 1. The van der Waals surface area contributed by atoms with Crippen molar-refractivity contribution in [2.75, 3.05) is 0 Å². The van der Waals surface area contributed by atoms with Gasteiger partial charge in [-0.2, -0.15) is 0 Å². The Balaban J connectivity index is 2.52. The largest absolute Gasteiger partial charge is 0.320 e. The summed E-state index contributed by atoms with van der Waals surface area (Å²) in [7, 11) is 0. The van der Waals surface area contributed by atoms with Crippen LogP contribution in [-0.2, 0) is 6.42 Å². The summed E-state index contributed by atoms with van der Waals surface area (Å²) in [5, 5.41) is 8.42. The van der Waals surface area contributed by atoms with E-state index in [-0.39, 0.29) is 17.7 Å². The lowest BCUT2D eigenvalue weighted by Gasteiger charge is -2.19. The third kappa shape index (κ3) is 3.20. The van der Waals surface area contributed by atoms with Gasteiger partial charge in [0, 0.05) is 6.42 Å². The second-order valence-electron chi connectivity index (χ2n) is 5.64. The van der Waals surface area contributed by atoms with Crippen molar-refractivity contribution in [3.8, 4) is 0 Å². The Morgan fingerprint density at radius 1 is 1.10 bits per heavy atom. The molecule has 0 atom stereocenters. The van der Waals surface area contributed by atoms with E-state index in [1.54, 1.807) is 12.1 Å². The number of rotatable bonds is 4. The Morgan fingerprint density at radius 3 is 2.05 bits per heavy atom. The molecule has 1 aromatic carbocycles. The van der Waals surface area contributed by atoms with Crippen molar-refractivity contribution in [2.45, 2.75) is 51.1 Å². The van der Waals surface area contributed by atoms with Gasteiger partial charge in [-0.05, 0) is 40.7 Å². The second-order valence-corrected chi connectivity index (χ2v) is 6.07. The molecule has 0 bridgehead atoms. The molecule has 1 aromatic heterocycles. The topological polar surface area (TPSA) is 41.6 Å². The summed E-state index contributed by atoms with van der Waals surface area (Å²) in [6.07, 6.45) is 0.620. The summed E-state index contributed by atoms with van der Waals surface area (Å²) in [6.45, 7) is 8.30. The summed E-state index contributed by atoms with van der Waals surface area (Å²) in [4.78, 5) is 3.02. The molecule has 0 saturated heterocycles. The molecule has 0 aliphatic heterocycles. The van der Waals surface area contributed by atoms with Crippen LogP contribution in [0.1, 0.15) is 62.0 Å². The highest BCUT2D eigenvalue weighted by Gasteiger charge is 2.17. The molecule has 3 nitrogen and oxygen atoms in total. The molecule has 20 heavy (non-hydrogen) atoms. The standard InChI is InChI=1S/C15H20FN3S/c1-8(2)11-5-10(16)6-12(9(3)4)13(11)7-14-17-15(20)19-18-14/h5-6,8-9H,7H2,1-4H3,(H2,17,18,19,20). The van der Waals surface area contributed by atoms with E-state index in [0.29, 0.717) is 11.6 Å². The fourth-order valence-electron chi connectivity index (χ4n) is 2.45. The molecular formula is C15H20FN3S. The van der Waals surface area contributed by atoms with Crippen LogP contribution in [0.5, 0.6) is 0 Å². The maximum absolute atomic E-state index is 13.8. The number of aromatic amines is 1. The van der Waals surface area contributed by atoms with E-state index in [2.05, 4.69) is 55.5 Å². The van der Waals surface area contributed by atoms with Gasteiger partial charge in [-0.3, -0.25) is 0 Å². The van der Waals surface area contributed by atoms with Gasteiger partial charge in [0.15, 0.2) is 5.16 Å². The van der Waals surface area contributed by atoms with Crippen LogP contribution in [0.25, 0.3) is 0 Å². The predicted octanol–water partition coefficient (Wildman–Crippen LogP) is 4.07. The number of nitrogens with one attached hydrogen (secondary N) is 1. The number of nitrogens with zero attached hydrogens (tertiary/aromatic N) is 2. The zero-order valence-electron chi connectivity index (χ0n) is 12.2. The molecule has 0 saturated carbocycles. The van der Waals surface area contributed by atoms with Crippen LogP contribution < -0.4 is 0 Å². The van der Waals surface area contributed by atoms with E-state index in [1.807, 2.05) is 0 Å². The van der Waals surface area contributed by atoms with Gasteiger partial charge in [-0.1, -0.05) is 27.7 Å². The monoisotopic (exact) mass is 293 g/mol. The van der Waals surface area contributed by atoms with Crippen molar-refractivity contribution in [1.82, 2.24) is 15.2 Å². The Kier molecular flexibility index (Phi) is 4.48. The van der Waals surface area contributed by atoms with Crippen molar-refractivity contribution in [1.29, 1.82) is 0 Å². The fraction of sp³-hybridized carbons (Fsp3) is 0.467. The molecule has 1 heterocycles. The van der Waals surface area contributed by atoms with Gasteiger partial charge in [0.2, 0.25) is 0 Å². The van der Waals surface area contributed by atoms with Crippen LogP contribution in [0.4, 0.5) is 4.39 Å². The van der Waals surface area contributed by atoms with E-state index in [0.717, 1.165) is 22.5 Å². The van der Waals surface area contributed by atoms with Crippen molar-refractivity contribution >= 4 is 12.6 Å². The van der Waals surface area contributed by atoms with Crippen LogP contribution >= 0.6 is 12.6 Å². The van der Waals surface area contributed by atoms with E-state index >= 15 is 0 Å². The van der Waals surface area contributed by atoms with Crippen molar-refractivity contribution < 1.29 is 4.39 Å². The normalized spacial score (nSPS) is 11.6. The maximum atomic E-state index is 13.8. The molecule has 1 N–H and O–H groups in total. The lowest BCUT2D eigenvalue weighted by atomic mass is 9.87. The summed E-state index contributed by atoms with van der Waals surface area (Å²) in [5.74, 6) is 1.10. The van der Waals surface area contributed by atoms with E-state index in [4.69, 9.17) is 0 Å². The third-order valence-electron chi connectivity index (χ3n) is 3.39. The summed E-state index contributed by atoms with van der Waals surface area (Å²) in [5.41, 5.74) is 3.21. The minimum atomic E-state index is -0.173. The summed E-state index contributed by atoms with van der Waals surface area (Å²) >= 11 is 4.13. The molecule has 0 radical (unpaired) electrons. The molecule has 2 aromatic rings.